The zero-order chi connectivity index (χ0) is 24.7. The van der Waals surface area contributed by atoms with E-state index in [0.29, 0.717) is 5.03 Å². The lowest BCUT2D eigenvalue weighted by atomic mass is 10.1. The maximum absolute atomic E-state index is 10.6. The summed E-state index contributed by atoms with van der Waals surface area (Å²) in [5.74, 6) is -5.51. The van der Waals surface area contributed by atoms with Gasteiger partial charge in [0.1, 0.15) is 0 Å². The Morgan fingerprint density at radius 3 is 1.78 bits per heavy atom. The van der Waals surface area contributed by atoms with E-state index in [9.17, 15) is 26.3 Å². The van der Waals surface area contributed by atoms with Crippen molar-refractivity contribution in [1.29, 1.82) is 0 Å². The lowest BCUT2D eigenvalue weighted by Crippen LogP contribution is -2.21. The van der Waals surface area contributed by atoms with Gasteiger partial charge in [-0.1, -0.05) is 54.6 Å². The van der Waals surface area contributed by atoms with Crippen LogP contribution in [0.25, 0.3) is 21.6 Å². The molecule has 1 aromatic heterocycles. The third kappa shape index (κ3) is 7.61. The molecule has 32 heavy (non-hydrogen) atoms. The third-order valence-electron chi connectivity index (χ3n) is 3.39. The van der Waals surface area contributed by atoms with Gasteiger partial charge in [0.05, 0.1) is 17.4 Å². The molecule has 0 radical (unpaired) electrons. The average Bonchev–Trinajstić information content (AvgIpc) is 3.11. The van der Waals surface area contributed by atoms with Gasteiger partial charge in [0, 0.05) is 16.0 Å². The molecular formula is C19H13ClF6N2O4. The summed E-state index contributed by atoms with van der Waals surface area (Å²) in [4.78, 5) is 17.8. The number of nitrogens with zero attached hydrogens (tertiary/aromatic N) is 2. The Hall–Kier alpha value is -3.54. The van der Waals surface area contributed by atoms with Gasteiger partial charge < -0.3 is 10.2 Å². The molecular weight excluding hydrogens is 470 g/mol. The Balaban J connectivity index is 0.000000305. The Morgan fingerprint density at radius 2 is 1.31 bits per heavy atom. The van der Waals surface area contributed by atoms with E-state index >= 15 is 0 Å². The number of fused-ring (bicyclic) bond motifs is 1. The monoisotopic (exact) mass is 482 g/mol. The first-order valence-electron chi connectivity index (χ1n) is 8.13. The number of rotatable bonds is 2. The molecule has 0 saturated carbocycles. The normalized spacial score (nSPS) is 11.0. The maximum Gasteiger partial charge on any atom is 0.490 e. The fourth-order valence-electron chi connectivity index (χ4n) is 2.05. The van der Waals surface area contributed by atoms with Crippen molar-refractivity contribution in [3.05, 3.63) is 66.9 Å². The molecule has 1 heterocycles. The minimum atomic E-state index is -5.08. The molecule has 6 nitrogen and oxygen atoms in total. The number of hydrogen-bond acceptors (Lipinski definition) is 3. The van der Waals surface area contributed by atoms with Crippen LogP contribution in [0.3, 0.4) is 0 Å². The van der Waals surface area contributed by atoms with E-state index in [-0.39, 0.29) is 0 Å². The van der Waals surface area contributed by atoms with Crippen LogP contribution in [-0.4, -0.2) is 44.3 Å². The Bertz CT molecular complexity index is 1080. The summed E-state index contributed by atoms with van der Waals surface area (Å²) >= 11 is 6.04. The van der Waals surface area contributed by atoms with Crippen molar-refractivity contribution in [3.8, 4) is 5.69 Å². The van der Waals surface area contributed by atoms with Crippen LogP contribution >= 0.6 is 11.6 Å². The molecule has 2 N–H and O–H groups in total. The number of halogens is 7. The van der Waals surface area contributed by atoms with Crippen LogP contribution in [0.2, 0.25) is 0 Å². The molecule has 2 aromatic carbocycles. The minimum absolute atomic E-state index is 0.519. The van der Waals surface area contributed by atoms with E-state index in [2.05, 4.69) is 11.7 Å². The van der Waals surface area contributed by atoms with Crippen molar-refractivity contribution >= 4 is 39.5 Å². The summed E-state index contributed by atoms with van der Waals surface area (Å²) < 4.78 is 65.4. The summed E-state index contributed by atoms with van der Waals surface area (Å²) in [6.45, 7) is 3.80. The number of aromatic nitrogens is 2. The average molecular weight is 483 g/mol. The smallest absolute Gasteiger partial charge is 0.475 e. The van der Waals surface area contributed by atoms with Crippen LogP contribution in [0.15, 0.2) is 61.3 Å². The maximum atomic E-state index is 10.6. The van der Waals surface area contributed by atoms with Crippen molar-refractivity contribution in [2.24, 2.45) is 0 Å². The van der Waals surface area contributed by atoms with Crippen LogP contribution in [-0.2, 0) is 9.59 Å². The molecule has 0 atom stereocenters. The van der Waals surface area contributed by atoms with Crippen molar-refractivity contribution in [2.75, 3.05) is 0 Å². The van der Waals surface area contributed by atoms with Gasteiger partial charge in [0.15, 0.2) is 0 Å². The quantitative estimate of drug-likeness (QED) is 0.470. The van der Waals surface area contributed by atoms with Crippen LogP contribution in [0.1, 0.15) is 5.56 Å². The molecule has 0 saturated heterocycles. The molecule has 172 valence electrons. The van der Waals surface area contributed by atoms with Gasteiger partial charge in [0.25, 0.3) is 0 Å². The van der Waals surface area contributed by atoms with Gasteiger partial charge in [-0.15, -0.1) is 0 Å². The number of carboxylic acid groups (broad SMARTS) is 2. The molecule has 0 fully saturated rings. The van der Waals surface area contributed by atoms with E-state index < -0.39 is 24.3 Å². The van der Waals surface area contributed by atoms with E-state index in [4.69, 9.17) is 31.4 Å². The number of carboxylic acids is 2. The van der Waals surface area contributed by atoms with Gasteiger partial charge >= 0.3 is 24.3 Å². The van der Waals surface area contributed by atoms with Crippen molar-refractivity contribution in [2.45, 2.75) is 12.4 Å². The van der Waals surface area contributed by atoms with Crippen LogP contribution in [0.5, 0.6) is 0 Å². The molecule has 13 heteroatoms. The topological polar surface area (TPSA) is 92.4 Å². The highest BCUT2D eigenvalue weighted by atomic mass is 35.5. The first-order valence-corrected chi connectivity index (χ1v) is 8.51. The molecule has 0 aliphatic heterocycles. The first kappa shape index (κ1) is 26.5. The number of aliphatic carboxylic acids is 2. The highest BCUT2D eigenvalue weighted by Crippen LogP contribution is 2.26. The zero-order valence-corrected chi connectivity index (χ0v) is 16.4. The molecule has 3 aromatic rings. The number of carbonyl (C=O) groups is 2. The molecule has 0 unspecified atom stereocenters. The fraction of sp³-hybridized carbons (Fsp3) is 0.105. The molecule has 0 bridgehead atoms. The van der Waals surface area contributed by atoms with Crippen LogP contribution in [0, 0.1) is 0 Å². The second kappa shape index (κ2) is 10.7. The Morgan fingerprint density at radius 1 is 0.875 bits per heavy atom. The standard InChI is InChI=1S/C15H11ClN2.2C2HF3O2/c1-11(16)13-7-3-5-9-15(13)18-14-8-4-2-6-12(14)10-17-18;2*3-2(4,5)1(6)7/h2-10H,1H2;2*(H,6,7). The van der Waals surface area contributed by atoms with E-state index in [1.807, 2.05) is 59.4 Å². The summed E-state index contributed by atoms with van der Waals surface area (Å²) in [6, 6.07) is 15.9. The largest absolute Gasteiger partial charge is 0.490 e. The van der Waals surface area contributed by atoms with E-state index in [1.54, 1.807) is 0 Å². The SMILES string of the molecule is C=C(Cl)c1ccccc1-n1ncc2ccccc21.O=C(O)C(F)(F)F.O=C(O)C(F)(F)F. The molecule has 3 rings (SSSR count). The predicted octanol–water partition coefficient (Wildman–Crippen LogP) is 5.50. The van der Waals surface area contributed by atoms with Crippen molar-refractivity contribution in [3.63, 3.8) is 0 Å². The van der Waals surface area contributed by atoms with Gasteiger partial charge in [-0.05, 0) is 12.1 Å². The van der Waals surface area contributed by atoms with E-state index in [1.165, 1.54) is 0 Å². The second-order valence-electron chi connectivity index (χ2n) is 5.64. The molecule has 0 spiro atoms. The Kier molecular flexibility index (Phi) is 8.83. The number of benzene rings is 2. The summed E-state index contributed by atoms with van der Waals surface area (Å²) in [5, 5.41) is 20.3. The Labute approximate surface area is 180 Å². The second-order valence-corrected chi connectivity index (χ2v) is 6.10. The van der Waals surface area contributed by atoms with Gasteiger partial charge in [-0.2, -0.15) is 31.4 Å². The lowest BCUT2D eigenvalue weighted by Gasteiger charge is -2.09. The molecule has 0 aliphatic rings. The lowest BCUT2D eigenvalue weighted by molar-refractivity contribution is -0.193. The van der Waals surface area contributed by atoms with Gasteiger partial charge in [-0.25, -0.2) is 14.3 Å². The van der Waals surface area contributed by atoms with Crippen LogP contribution < -0.4 is 0 Å². The number of hydrogen-bond donors (Lipinski definition) is 2. The first-order chi connectivity index (χ1) is 14.7. The van der Waals surface area contributed by atoms with Gasteiger partial charge in [-0.3, -0.25) is 0 Å². The molecule has 0 aliphatic carbocycles. The van der Waals surface area contributed by atoms with Gasteiger partial charge in [0.2, 0.25) is 0 Å². The predicted molar refractivity (Wildman–Crippen MR) is 103 cm³/mol. The van der Waals surface area contributed by atoms with E-state index in [0.717, 1.165) is 22.2 Å². The van der Waals surface area contributed by atoms with Crippen molar-refractivity contribution in [1.82, 2.24) is 9.78 Å². The summed E-state index contributed by atoms with van der Waals surface area (Å²) in [5.41, 5.74) is 2.90. The third-order valence-corrected chi connectivity index (χ3v) is 3.59. The highest BCUT2D eigenvalue weighted by Gasteiger charge is 2.38. The fourth-order valence-corrected chi connectivity index (χ4v) is 2.21. The summed E-state index contributed by atoms with van der Waals surface area (Å²) in [7, 11) is 0. The highest BCUT2D eigenvalue weighted by molar-refractivity contribution is 6.48. The zero-order valence-electron chi connectivity index (χ0n) is 15.7. The van der Waals surface area contributed by atoms with Crippen molar-refractivity contribution < 1.29 is 46.1 Å². The van der Waals surface area contributed by atoms with Crippen LogP contribution in [0.4, 0.5) is 26.3 Å². The summed E-state index contributed by atoms with van der Waals surface area (Å²) in [6.07, 6.45) is -8.32. The minimum Gasteiger partial charge on any atom is -0.475 e. The molecule has 0 amide bonds. The number of para-hydroxylation sites is 2. The number of alkyl halides is 6.